The predicted octanol–water partition coefficient (Wildman–Crippen LogP) is 5.16. The lowest BCUT2D eigenvalue weighted by molar-refractivity contribution is 0.0601. The minimum absolute atomic E-state index is 0.180. The first-order valence-corrected chi connectivity index (χ1v) is 10.1. The second-order valence-electron chi connectivity index (χ2n) is 7.23. The van der Waals surface area contributed by atoms with Crippen molar-refractivity contribution in [2.75, 3.05) is 17.7 Å². The summed E-state index contributed by atoms with van der Waals surface area (Å²) in [7, 11) is 1.34. The lowest BCUT2D eigenvalue weighted by Crippen LogP contribution is -2.11. The van der Waals surface area contributed by atoms with Crippen LogP contribution in [0.3, 0.4) is 0 Å². The predicted molar refractivity (Wildman–Crippen MR) is 125 cm³/mol. The number of fused-ring (bicyclic) bond motifs is 3. The van der Waals surface area contributed by atoms with E-state index in [2.05, 4.69) is 20.6 Å². The highest BCUT2D eigenvalue weighted by molar-refractivity contribution is 6.11. The first-order chi connectivity index (χ1) is 16.1. The van der Waals surface area contributed by atoms with Gasteiger partial charge in [0.15, 0.2) is 0 Å². The molecule has 0 saturated carbocycles. The van der Waals surface area contributed by atoms with Gasteiger partial charge >= 0.3 is 5.97 Å². The molecule has 0 radical (unpaired) electrons. The number of nitrogens with one attached hydrogen (secondary N) is 2. The van der Waals surface area contributed by atoms with Crippen LogP contribution in [-0.2, 0) is 4.74 Å². The van der Waals surface area contributed by atoms with Gasteiger partial charge in [-0.2, -0.15) is 0 Å². The van der Waals surface area contributed by atoms with Gasteiger partial charge in [-0.1, -0.05) is 18.2 Å². The molecule has 0 atom stereocenters. The lowest BCUT2D eigenvalue weighted by atomic mass is 10.1. The molecule has 0 bridgehead atoms. The molecule has 5 aromatic rings. The molecule has 162 valence electrons. The maximum Gasteiger partial charge on any atom is 0.337 e. The number of carbonyl (C=O) groups is 2. The molecule has 0 unspecified atom stereocenters. The average molecular weight is 438 g/mol. The third-order valence-electron chi connectivity index (χ3n) is 5.13. The van der Waals surface area contributed by atoms with Crippen LogP contribution in [0.15, 0.2) is 83.5 Å². The Morgan fingerprint density at radius 3 is 2.39 bits per heavy atom. The highest BCUT2D eigenvalue weighted by atomic mass is 16.5. The van der Waals surface area contributed by atoms with Crippen molar-refractivity contribution in [3.63, 3.8) is 0 Å². The number of esters is 1. The third-order valence-corrected chi connectivity index (χ3v) is 5.13. The van der Waals surface area contributed by atoms with Crippen molar-refractivity contribution in [3.8, 4) is 0 Å². The van der Waals surface area contributed by atoms with E-state index in [1.165, 1.54) is 13.4 Å². The Labute approximate surface area is 188 Å². The summed E-state index contributed by atoms with van der Waals surface area (Å²) in [6.45, 7) is 0. The van der Waals surface area contributed by atoms with Crippen LogP contribution in [-0.4, -0.2) is 29.0 Å². The fourth-order valence-corrected chi connectivity index (χ4v) is 3.51. The molecule has 1 amide bonds. The van der Waals surface area contributed by atoms with Gasteiger partial charge in [0.2, 0.25) is 5.71 Å². The zero-order valence-corrected chi connectivity index (χ0v) is 17.5. The number of rotatable bonds is 5. The number of anilines is 3. The van der Waals surface area contributed by atoms with Crippen molar-refractivity contribution >= 4 is 51.1 Å². The normalized spacial score (nSPS) is 10.8. The zero-order valence-electron chi connectivity index (χ0n) is 17.5. The number of furan rings is 1. The van der Waals surface area contributed by atoms with Crippen LogP contribution in [0.2, 0.25) is 0 Å². The molecule has 3 aromatic carbocycles. The number of amides is 1. The summed E-state index contributed by atoms with van der Waals surface area (Å²) in [6.07, 6.45) is 1.41. The summed E-state index contributed by atoms with van der Waals surface area (Å²) in [5.41, 5.74) is 3.39. The van der Waals surface area contributed by atoms with E-state index in [-0.39, 0.29) is 5.91 Å². The Kier molecular flexibility index (Phi) is 5.16. The molecular formula is C25H18N4O4. The number of hydrogen-bond donors (Lipinski definition) is 2. The van der Waals surface area contributed by atoms with E-state index in [9.17, 15) is 9.59 Å². The first-order valence-electron chi connectivity index (χ1n) is 10.1. The highest BCUT2D eigenvalue weighted by Crippen LogP contribution is 2.33. The lowest BCUT2D eigenvalue weighted by Gasteiger charge is -2.09. The molecule has 2 heterocycles. The maximum absolute atomic E-state index is 12.3. The molecule has 0 aliphatic carbocycles. The summed E-state index contributed by atoms with van der Waals surface area (Å²) < 4.78 is 10.6. The fraction of sp³-hybridized carbons (Fsp3) is 0.0400. The molecule has 0 aliphatic rings. The molecule has 0 aliphatic heterocycles. The molecule has 5 rings (SSSR count). The summed E-state index contributed by atoms with van der Waals surface area (Å²) in [4.78, 5) is 32.9. The van der Waals surface area contributed by atoms with E-state index in [1.807, 2.05) is 30.3 Å². The van der Waals surface area contributed by atoms with Gasteiger partial charge in [-0.3, -0.25) is 4.79 Å². The van der Waals surface area contributed by atoms with Gasteiger partial charge in [-0.25, -0.2) is 14.8 Å². The standard InChI is InChI=1S/C25H18N4O4/c1-32-25(31)16-7-12-20-19(13-16)21-22(26-14-27-24(21)33-20)28-17-8-10-18(11-9-17)29-23(30)15-5-3-2-4-6-15/h2-14H,1H3,(H,29,30)(H,26,27,28). The Morgan fingerprint density at radius 2 is 1.64 bits per heavy atom. The molecule has 0 saturated heterocycles. The number of methoxy groups -OCH3 is 1. The number of aromatic nitrogens is 2. The number of carbonyl (C=O) groups excluding carboxylic acids is 2. The van der Waals surface area contributed by atoms with Crippen molar-refractivity contribution in [1.29, 1.82) is 0 Å². The van der Waals surface area contributed by atoms with E-state index in [0.717, 1.165) is 5.69 Å². The van der Waals surface area contributed by atoms with Crippen LogP contribution in [0.25, 0.3) is 22.1 Å². The molecule has 0 spiro atoms. The highest BCUT2D eigenvalue weighted by Gasteiger charge is 2.16. The van der Waals surface area contributed by atoms with Crippen LogP contribution in [0.1, 0.15) is 20.7 Å². The van der Waals surface area contributed by atoms with Gasteiger partial charge in [0.1, 0.15) is 17.7 Å². The monoisotopic (exact) mass is 438 g/mol. The van der Waals surface area contributed by atoms with Crippen molar-refractivity contribution < 1.29 is 18.7 Å². The number of nitrogens with zero attached hydrogens (tertiary/aromatic N) is 2. The van der Waals surface area contributed by atoms with Gasteiger partial charge in [0.05, 0.1) is 18.1 Å². The molecule has 33 heavy (non-hydrogen) atoms. The van der Waals surface area contributed by atoms with E-state index in [4.69, 9.17) is 9.15 Å². The van der Waals surface area contributed by atoms with Gasteiger partial charge in [-0.05, 0) is 54.6 Å². The Bertz CT molecular complexity index is 1480. The number of ether oxygens (including phenoxy) is 1. The Balaban J connectivity index is 1.43. The minimum atomic E-state index is -0.439. The SMILES string of the molecule is COC(=O)c1ccc2oc3ncnc(Nc4ccc(NC(=O)c5ccccc5)cc4)c3c2c1. The molecule has 8 heteroatoms. The number of benzene rings is 3. The van der Waals surface area contributed by atoms with Crippen molar-refractivity contribution in [2.45, 2.75) is 0 Å². The average Bonchev–Trinajstić information content (AvgIpc) is 3.24. The summed E-state index contributed by atoms with van der Waals surface area (Å²) in [5, 5.41) is 7.48. The third kappa shape index (κ3) is 3.97. The largest absolute Gasteiger partial charge is 0.465 e. The van der Waals surface area contributed by atoms with Crippen molar-refractivity contribution in [3.05, 3.63) is 90.3 Å². The quantitative estimate of drug-likeness (QED) is 0.365. The van der Waals surface area contributed by atoms with Gasteiger partial charge < -0.3 is 19.8 Å². The van der Waals surface area contributed by atoms with Crippen LogP contribution < -0.4 is 10.6 Å². The van der Waals surface area contributed by atoms with Gasteiger partial charge in [-0.15, -0.1) is 0 Å². The molecule has 2 aromatic heterocycles. The van der Waals surface area contributed by atoms with Crippen LogP contribution in [0.5, 0.6) is 0 Å². The topological polar surface area (TPSA) is 106 Å². The van der Waals surface area contributed by atoms with Crippen molar-refractivity contribution in [2.24, 2.45) is 0 Å². The van der Waals surface area contributed by atoms with Gasteiger partial charge in [0, 0.05) is 22.3 Å². The van der Waals surface area contributed by atoms with Crippen molar-refractivity contribution in [1.82, 2.24) is 9.97 Å². The molecule has 0 fully saturated rings. The molecular weight excluding hydrogens is 420 g/mol. The van der Waals surface area contributed by atoms with Gasteiger partial charge in [0.25, 0.3) is 5.91 Å². The van der Waals surface area contributed by atoms with Crippen LogP contribution in [0, 0.1) is 0 Å². The Morgan fingerprint density at radius 1 is 0.879 bits per heavy atom. The minimum Gasteiger partial charge on any atom is -0.465 e. The smallest absolute Gasteiger partial charge is 0.337 e. The number of hydrogen-bond acceptors (Lipinski definition) is 7. The fourth-order valence-electron chi connectivity index (χ4n) is 3.51. The van der Waals surface area contributed by atoms with E-state index in [0.29, 0.717) is 44.7 Å². The summed E-state index contributed by atoms with van der Waals surface area (Å²) >= 11 is 0. The molecule has 8 nitrogen and oxygen atoms in total. The summed E-state index contributed by atoms with van der Waals surface area (Å²) in [5.74, 6) is -0.0901. The van der Waals surface area contributed by atoms with E-state index < -0.39 is 5.97 Å². The second kappa shape index (κ2) is 8.43. The van der Waals surface area contributed by atoms with E-state index >= 15 is 0 Å². The Hall–Kier alpha value is -4.72. The maximum atomic E-state index is 12.3. The summed E-state index contributed by atoms with van der Waals surface area (Å²) in [6, 6.07) is 21.3. The first kappa shape index (κ1) is 20.2. The second-order valence-corrected chi connectivity index (χ2v) is 7.23. The zero-order chi connectivity index (χ0) is 22.8. The van der Waals surface area contributed by atoms with Crippen LogP contribution >= 0.6 is 0 Å². The van der Waals surface area contributed by atoms with Crippen LogP contribution in [0.4, 0.5) is 17.2 Å². The molecule has 2 N–H and O–H groups in total. The van der Waals surface area contributed by atoms with E-state index in [1.54, 1.807) is 42.5 Å².